The number of nitrogens with zero attached hydrogens (tertiary/aromatic N) is 1. The van der Waals surface area contributed by atoms with Crippen LogP contribution in [0.2, 0.25) is 0 Å². The van der Waals surface area contributed by atoms with Crippen molar-refractivity contribution >= 4 is 5.91 Å². The summed E-state index contributed by atoms with van der Waals surface area (Å²) in [6, 6.07) is 1.19. The minimum absolute atomic E-state index is 0.212. The highest BCUT2D eigenvalue weighted by Crippen LogP contribution is 2.25. The number of hydrogen-bond acceptors (Lipinski definition) is 2. The van der Waals surface area contributed by atoms with E-state index in [0.29, 0.717) is 6.04 Å². The first-order chi connectivity index (χ1) is 9.24. The topological polar surface area (TPSA) is 32.3 Å². The highest BCUT2D eigenvalue weighted by Gasteiger charge is 2.30. The normalized spacial score (nSPS) is 25.9. The number of nitrogens with one attached hydrogen (secondary N) is 1. The van der Waals surface area contributed by atoms with Crippen molar-refractivity contribution < 1.29 is 4.79 Å². The van der Waals surface area contributed by atoms with Gasteiger partial charge in [-0.2, -0.15) is 0 Å². The third kappa shape index (κ3) is 3.95. The summed E-state index contributed by atoms with van der Waals surface area (Å²) in [6.07, 6.45) is 10.0. The van der Waals surface area contributed by atoms with E-state index in [4.69, 9.17) is 0 Å². The zero-order chi connectivity index (χ0) is 13.7. The molecule has 2 rings (SSSR count). The van der Waals surface area contributed by atoms with E-state index in [-0.39, 0.29) is 11.8 Å². The van der Waals surface area contributed by atoms with Gasteiger partial charge in [0.2, 0.25) is 5.91 Å². The van der Waals surface area contributed by atoms with Crippen LogP contribution < -0.4 is 5.32 Å². The first kappa shape index (κ1) is 14.8. The van der Waals surface area contributed by atoms with Gasteiger partial charge < -0.3 is 5.32 Å². The van der Waals surface area contributed by atoms with Crippen molar-refractivity contribution in [1.29, 1.82) is 0 Å². The number of hydrogen-bond donors (Lipinski definition) is 1. The Bertz CT molecular complexity index is 282. The van der Waals surface area contributed by atoms with Crippen LogP contribution >= 0.6 is 0 Å². The lowest BCUT2D eigenvalue weighted by atomic mass is 9.94. The largest absolute Gasteiger partial charge is 0.352 e. The molecule has 1 aliphatic heterocycles. The van der Waals surface area contributed by atoms with Crippen molar-refractivity contribution in [2.24, 2.45) is 5.92 Å². The number of carbonyl (C=O) groups excluding carboxylic acids is 1. The van der Waals surface area contributed by atoms with Crippen molar-refractivity contribution in [3.05, 3.63) is 0 Å². The molecule has 0 aromatic carbocycles. The molecule has 19 heavy (non-hydrogen) atoms. The highest BCUT2D eigenvalue weighted by atomic mass is 16.1. The summed E-state index contributed by atoms with van der Waals surface area (Å²) in [5, 5.41) is 3.27. The number of likely N-dealkylation sites (tertiary alicyclic amines) is 1. The minimum Gasteiger partial charge on any atom is -0.352 e. The predicted octanol–water partition coefficient (Wildman–Crippen LogP) is 2.95. The van der Waals surface area contributed by atoms with E-state index >= 15 is 0 Å². The van der Waals surface area contributed by atoms with Crippen molar-refractivity contribution in [3.8, 4) is 0 Å². The van der Waals surface area contributed by atoms with E-state index in [1.165, 1.54) is 38.6 Å². The molecular weight excluding hydrogens is 236 g/mol. The fourth-order valence-corrected chi connectivity index (χ4v) is 3.66. The fourth-order valence-electron chi connectivity index (χ4n) is 3.66. The molecule has 1 saturated heterocycles. The zero-order valence-electron chi connectivity index (χ0n) is 12.7. The van der Waals surface area contributed by atoms with Gasteiger partial charge >= 0.3 is 0 Å². The first-order valence-corrected chi connectivity index (χ1v) is 8.29. The summed E-state index contributed by atoms with van der Waals surface area (Å²) in [7, 11) is 0. The Labute approximate surface area is 118 Å². The monoisotopic (exact) mass is 266 g/mol. The van der Waals surface area contributed by atoms with Gasteiger partial charge in [-0.3, -0.25) is 9.69 Å². The summed E-state index contributed by atoms with van der Waals surface area (Å²) in [5.74, 6) is 0.490. The first-order valence-electron chi connectivity index (χ1n) is 8.29. The van der Waals surface area contributed by atoms with Crippen molar-refractivity contribution in [1.82, 2.24) is 10.2 Å². The van der Waals surface area contributed by atoms with Gasteiger partial charge in [-0.05, 0) is 32.1 Å². The lowest BCUT2D eigenvalue weighted by molar-refractivity contribution is -0.125. The standard InChI is InChI=1S/C16H30N2O/c1-3-13(4-2)16(19)17-14-10-11-18(12-14)15-8-6-5-7-9-15/h13-15H,3-12H2,1-2H3,(H,17,19). The molecule has 1 aliphatic carbocycles. The molecule has 3 heteroatoms. The molecule has 0 aromatic heterocycles. The van der Waals surface area contributed by atoms with Gasteiger partial charge in [0.15, 0.2) is 0 Å². The quantitative estimate of drug-likeness (QED) is 0.830. The van der Waals surface area contributed by atoms with Gasteiger partial charge in [-0.25, -0.2) is 0 Å². The molecule has 0 spiro atoms. The van der Waals surface area contributed by atoms with Crippen LogP contribution in [0, 0.1) is 5.92 Å². The summed E-state index contributed by atoms with van der Waals surface area (Å²) < 4.78 is 0. The Morgan fingerprint density at radius 2 is 1.84 bits per heavy atom. The molecule has 0 bridgehead atoms. The molecule has 110 valence electrons. The van der Waals surface area contributed by atoms with E-state index in [2.05, 4.69) is 24.1 Å². The Kier molecular flexibility index (Phi) is 5.68. The molecule has 2 fully saturated rings. The molecule has 1 atom stereocenters. The zero-order valence-corrected chi connectivity index (χ0v) is 12.7. The Morgan fingerprint density at radius 1 is 1.16 bits per heavy atom. The average Bonchev–Trinajstić information content (AvgIpc) is 2.89. The summed E-state index contributed by atoms with van der Waals surface area (Å²) in [4.78, 5) is 14.7. The molecule has 1 saturated carbocycles. The molecule has 0 radical (unpaired) electrons. The molecule has 3 nitrogen and oxygen atoms in total. The van der Waals surface area contributed by atoms with E-state index in [1.54, 1.807) is 0 Å². The van der Waals surface area contributed by atoms with Crippen molar-refractivity contribution in [2.45, 2.75) is 77.3 Å². The summed E-state index contributed by atoms with van der Waals surface area (Å²) >= 11 is 0. The molecule has 1 heterocycles. The second-order valence-electron chi connectivity index (χ2n) is 6.29. The maximum absolute atomic E-state index is 12.1. The van der Waals surface area contributed by atoms with Crippen molar-refractivity contribution in [3.63, 3.8) is 0 Å². The lowest BCUT2D eigenvalue weighted by Gasteiger charge is -2.31. The van der Waals surface area contributed by atoms with E-state index in [1.807, 2.05) is 0 Å². The SMILES string of the molecule is CCC(CC)C(=O)NC1CCN(C2CCCCC2)C1. The maximum Gasteiger partial charge on any atom is 0.223 e. The average molecular weight is 266 g/mol. The minimum atomic E-state index is 0.212. The van der Waals surface area contributed by atoms with Gasteiger partial charge in [-0.15, -0.1) is 0 Å². The van der Waals surface area contributed by atoms with Gasteiger partial charge in [0, 0.05) is 31.1 Å². The number of carbonyl (C=O) groups is 1. The highest BCUT2D eigenvalue weighted by molar-refractivity contribution is 5.78. The van der Waals surface area contributed by atoms with Crippen LogP contribution in [-0.2, 0) is 4.79 Å². The molecule has 0 aromatic rings. The van der Waals surface area contributed by atoms with E-state index in [9.17, 15) is 4.79 Å². The van der Waals surface area contributed by atoms with Crippen LogP contribution in [0.4, 0.5) is 0 Å². The maximum atomic E-state index is 12.1. The lowest BCUT2D eigenvalue weighted by Crippen LogP contribution is -2.42. The van der Waals surface area contributed by atoms with Crippen LogP contribution in [0.15, 0.2) is 0 Å². The smallest absolute Gasteiger partial charge is 0.223 e. The van der Waals surface area contributed by atoms with Gasteiger partial charge in [-0.1, -0.05) is 33.1 Å². The number of amides is 1. The van der Waals surface area contributed by atoms with Crippen LogP contribution in [-0.4, -0.2) is 36.0 Å². The van der Waals surface area contributed by atoms with Crippen molar-refractivity contribution in [2.75, 3.05) is 13.1 Å². The summed E-state index contributed by atoms with van der Waals surface area (Å²) in [5.41, 5.74) is 0. The Balaban J connectivity index is 1.76. The molecular formula is C16H30N2O. The molecule has 1 amide bonds. The number of rotatable bonds is 5. The second-order valence-corrected chi connectivity index (χ2v) is 6.29. The van der Waals surface area contributed by atoms with E-state index in [0.717, 1.165) is 31.8 Å². The third-order valence-electron chi connectivity index (χ3n) is 5.01. The molecule has 1 N–H and O–H groups in total. The van der Waals surface area contributed by atoms with Gasteiger partial charge in [0.05, 0.1) is 0 Å². The van der Waals surface area contributed by atoms with Crippen LogP contribution in [0.3, 0.4) is 0 Å². The van der Waals surface area contributed by atoms with Crippen LogP contribution in [0.5, 0.6) is 0 Å². The summed E-state index contributed by atoms with van der Waals surface area (Å²) in [6.45, 7) is 6.47. The third-order valence-corrected chi connectivity index (χ3v) is 5.01. The fraction of sp³-hybridized carbons (Fsp3) is 0.938. The van der Waals surface area contributed by atoms with Gasteiger partial charge in [0.1, 0.15) is 0 Å². The predicted molar refractivity (Wildman–Crippen MR) is 79.1 cm³/mol. The molecule has 1 unspecified atom stereocenters. The second kappa shape index (κ2) is 7.28. The molecule has 2 aliphatic rings. The van der Waals surface area contributed by atoms with Gasteiger partial charge in [0.25, 0.3) is 0 Å². The Hall–Kier alpha value is -0.570. The van der Waals surface area contributed by atoms with E-state index < -0.39 is 0 Å². The van der Waals surface area contributed by atoms with Crippen LogP contribution in [0.25, 0.3) is 0 Å². The Morgan fingerprint density at radius 3 is 2.47 bits per heavy atom. The van der Waals surface area contributed by atoms with Crippen LogP contribution in [0.1, 0.15) is 65.2 Å².